The van der Waals surface area contributed by atoms with Crippen molar-refractivity contribution in [1.82, 2.24) is 5.32 Å². The zero-order valence-corrected chi connectivity index (χ0v) is 11.4. The summed E-state index contributed by atoms with van der Waals surface area (Å²) in [7, 11) is 0. The molecule has 94 valence electrons. The van der Waals surface area contributed by atoms with Gasteiger partial charge in [0.15, 0.2) is 0 Å². The van der Waals surface area contributed by atoms with E-state index in [9.17, 15) is 4.79 Å². The Morgan fingerprint density at radius 3 is 2.00 bits per heavy atom. The molecule has 0 aliphatic heterocycles. The Kier molecular flexibility index (Phi) is 3.39. The number of hydrogen-bond acceptors (Lipinski definition) is 2. The van der Waals surface area contributed by atoms with Crippen LogP contribution in [-0.2, 0) is 4.79 Å². The van der Waals surface area contributed by atoms with Crippen molar-refractivity contribution in [2.75, 3.05) is 6.54 Å². The van der Waals surface area contributed by atoms with E-state index < -0.39 is 0 Å². The summed E-state index contributed by atoms with van der Waals surface area (Å²) in [5, 5.41) is 2.97. The van der Waals surface area contributed by atoms with Crippen molar-refractivity contribution in [3.8, 4) is 0 Å². The van der Waals surface area contributed by atoms with Crippen LogP contribution < -0.4 is 11.1 Å². The van der Waals surface area contributed by atoms with Crippen LogP contribution in [0.25, 0.3) is 0 Å². The molecule has 1 saturated carbocycles. The first-order chi connectivity index (χ1) is 7.12. The number of nitrogens with two attached hydrogens (primary N) is 1. The summed E-state index contributed by atoms with van der Waals surface area (Å²) in [6, 6.07) is -0.384. The maximum absolute atomic E-state index is 11.7. The second kappa shape index (κ2) is 4.02. The fourth-order valence-corrected chi connectivity index (χ4v) is 2.47. The van der Waals surface area contributed by atoms with Gasteiger partial charge in [-0.3, -0.25) is 4.79 Å². The van der Waals surface area contributed by atoms with E-state index in [-0.39, 0.29) is 17.9 Å². The molecule has 0 saturated heterocycles. The van der Waals surface area contributed by atoms with Crippen molar-refractivity contribution in [2.24, 2.45) is 28.4 Å². The Labute approximate surface area is 99.2 Å². The molecule has 3 heteroatoms. The molecular formula is C13H26N2O. The third-order valence-corrected chi connectivity index (χ3v) is 4.82. The molecule has 3 nitrogen and oxygen atoms in total. The molecule has 1 rings (SSSR count). The Morgan fingerprint density at radius 1 is 1.25 bits per heavy atom. The molecule has 1 amide bonds. The third-order valence-electron chi connectivity index (χ3n) is 4.82. The van der Waals surface area contributed by atoms with Crippen LogP contribution in [0.5, 0.6) is 0 Å². The molecule has 0 aromatic rings. The number of nitrogens with one attached hydrogen (secondary N) is 1. The Balaban J connectivity index is 2.41. The maximum Gasteiger partial charge on any atom is 0.237 e. The van der Waals surface area contributed by atoms with Gasteiger partial charge in [0.05, 0.1) is 6.04 Å². The van der Waals surface area contributed by atoms with E-state index in [0.717, 1.165) is 6.54 Å². The Morgan fingerprint density at radius 2 is 1.69 bits per heavy atom. The van der Waals surface area contributed by atoms with E-state index in [4.69, 9.17) is 5.73 Å². The third kappa shape index (κ3) is 2.10. The fourth-order valence-electron chi connectivity index (χ4n) is 2.47. The van der Waals surface area contributed by atoms with Crippen molar-refractivity contribution in [1.29, 1.82) is 0 Å². The molecule has 1 unspecified atom stereocenters. The number of rotatable bonds is 4. The van der Waals surface area contributed by atoms with Crippen LogP contribution in [0.15, 0.2) is 0 Å². The molecule has 0 aromatic heterocycles. The lowest BCUT2D eigenvalue weighted by molar-refractivity contribution is -0.123. The second-order valence-electron chi connectivity index (χ2n) is 6.51. The van der Waals surface area contributed by atoms with Gasteiger partial charge in [0.2, 0.25) is 5.91 Å². The molecule has 0 bridgehead atoms. The van der Waals surface area contributed by atoms with E-state index >= 15 is 0 Å². The van der Waals surface area contributed by atoms with E-state index in [1.54, 1.807) is 0 Å². The molecule has 1 fully saturated rings. The van der Waals surface area contributed by atoms with Gasteiger partial charge < -0.3 is 11.1 Å². The van der Waals surface area contributed by atoms with Crippen LogP contribution >= 0.6 is 0 Å². The van der Waals surface area contributed by atoms with E-state index in [1.807, 2.05) is 13.8 Å². The predicted octanol–water partition coefficient (Wildman–Crippen LogP) is 1.77. The average Bonchev–Trinajstić information content (AvgIpc) is 2.53. The maximum atomic E-state index is 11.7. The van der Waals surface area contributed by atoms with Gasteiger partial charge >= 0.3 is 0 Å². The van der Waals surface area contributed by atoms with Crippen LogP contribution in [0.1, 0.15) is 41.5 Å². The number of carbonyl (C=O) groups is 1. The minimum absolute atomic E-state index is 0.0199. The highest BCUT2D eigenvalue weighted by atomic mass is 16.2. The van der Waals surface area contributed by atoms with E-state index in [2.05, 4.69) is 33.0 Å². The normalized spacial score (nSPS) is 24.2. The molecule has 0 aromatic carbocycles. The summed E-state index contributed by atoms with van der Waals surface area (Å²) < 4.78 is 0. The summed E-state index contributed by atoms with van der Waals surface area (Å²) in [5.41, 5.74) is 6.43. The minimum Gasteiger partial charge on any atom is -0.354 e. The Bertz CT molecular complexity index is 268. The number of amides is 1. The number of carbonyl (C=O) groups excluding carboxylic acids is 1. The molecule has 0 spiro atoms. The molecule has 16 heavy (non-hydrogen) atoms. The van der Waals surface area contributed by atoms with Gasteiger partial charge in [0.25, 0.3) is 0 Å². The van der Waals surface area contributed by atoms with Crippen LogP contribution in [0.4, 0.5) is 0 Å². The summed E-state index contributed by atoms with van der Waals surface area (Å²) in [4.78, 5) is 11.7. The Hall–Kier alpha value is -0.570. The smallest absolute Gasteiger partial charge is 0.237 e. The first-order valence-electron chi connectivity index (χ1n) is 6.15. The predicted molar refractivity (Wildman–Crippen MR) is 66.9 cm³/mol. The first-order valence-corrected chi connectivity index (χ1v) is 6.15. The SMILES string of the molecule is CC(C)C(N)C(=O)NCC1C(C)(C)C1(C)C. The lowest BCUT2D eigenvalue weighted by Crippen LogP contribution is -2.44. The largest absolute Gasteiger partial charge is 0.354 e. The van der Waals surface area contributed by atoms with Gasteiger partial charge in [-0.25, -0.2) is 0 Å². The standard InChI is InChI=1S/C13H26N2O/c1-8(2)10(14)11(16)15-7-9-12(3,4)13(9,5)6/h8-10H,7,14H2,1-6H3,(H,15,16). The fraction of sp³-hybridized carbons (Fsp3) is 0.923. The summed E-state index contributed by atoms with van der Waals surface area (Å²) in [6.07, 6.45) is 0. The topological polar surface area (TPSA) is 55.1 Å². The van der Waals surface area contributed by atoms with Crippen molar-refractivity contribution in [3.63, 3.8) is 0 Å². The zero-order valence-electron chi connectivity index (χ0n) is 11.4. The van der Waals surface area contributed by atoms with Gasteiger partial charge in [-0.1, -0.05) is 41.5 Å². The van der Waals surface area contributed by atoms with E-state index in [1.165, 1.54) is 0 Å². The highest BCUT2D eigenvalue weighted by Gasteiger charge is 2.64. The van der Waals surface area contributed by atoms with Gasteiger partial charge in [0.1, 0.15) is 0 Å². The van der Waals surface area contributed by atoms with Crippen molar-refractivity contribution >= 4 is 5.91 Å². The molecule has 0 radical (unpaired) electrons. The quantitative estimate of drug-likeness (QED) is 0.767. The monoisotopic (exact) mass is 226 g/mol. The van der Waals surface area contributed by atoms with Gasteiger partial charge in [-0.15, -0.1) is 0 Å². The second-order valence-corrected chi connectivity index (χ2v) is 6.51. The lowest BCUT2D eigenvalue weighted by atomic mass is 10.0. The summed E-state index contributed by atoms with van der Waals surface area (Å²) in [6.45, 7) is 13.7. The van der Waals surface area contributed by atoms with Crippen LogP contribution in [0, 0.1) is 22.7 Å². The van der Waals surface area contributed by atoms with Crippen LogP contribution in [-0.4, -0.2) is 18.5 Å². The molecular weight excluding hydrogens is 200 g/mol. The van der Waals surface area contributed by atoms with Gasteiger partial charge in [0, 0.05) is 6.54 Å². The summed E-state index contributed by atoms with van der Waals surface area (Å²) >= 11 is 0. The molecule has 1 aliphatic carbocycles. The highest BCUT2D eigenvalue weighted by molar-refractivity contribution is 5.81. The van der Waals surface area contributed by atoms with Crippen LogP contribution in [0.3, 0.4) is 0 Å². The molecule has 1 atom stereocenters. The highest BCUT2D eigenvalue weighted by Crippen LogP contribution is 2.67. The average molecular weight is 226 g/mol. The lowest BCUT2D eigenvalue weighted by Gasteiger charge is -2.15. The molecule has 0 heterocycles. The van der Waals surface area contributed by atoms with Crippen molar-refractivity contribution in [2.45, 2.75) is 47.6 Å². The number of hydrogen-bond donors (Lipinski definition) is 2. The minimum atomic E-state index is -0.384. The van der Waals surface area contributed by atoms with Crippen LogP contribution in [0.2, 0.25) is 0 Å². The zero-order chi connectivity index (χ0) is 12.7. The first kappa shape index (κ1) is 13.5. The van der Waals surface area contributed by atoms with Gasteiger partial charge in [-0.05, 0) is 22.7 Å². The molecule has 1 aliphatic rings. The molecule has 3 N–H and O–H groups in total. The van der Waals surface area contributed by atoms with Crippen molar-refractivity contribution < 1.29 is 4.79 Å². The van der Waals surface area contributed by atoms with E-state index in [0.29, 0.717) is 16.7 Å². The van der Waals surface area contributed by atoms with Gasteiger partial charge in [-0.2, -0.15) is 0 Å². The summed E-state index contributed by atoms with van der Waals surface area (Å²) in [5.74, 6) is 0.733. The van der Waals surface area contributed by atoms with Crippen molar-refractivity contribution in [3.05, 3.63) is 0 Å².